The van der Waals surface area contributed by atoms with Gasteiger partial charge in [0.05, 0.1) is 12.6 Å². The lowest BCUT2D eigenvalue weighted by Crippen LogP contribution is -2.46. The summed E-state index contributed by atoms with van der Waals surface area (Å²) in [5.74, 6) is 3.02. The number of aliphatic hydroxyl groups is 1. The number of hydrogen-bond acceptors (Lipinski definition) is 3. The summed E-state index contributed by atoms with van der Waals surface area (Å²) < 4.78 is 0. The van der Waals surface area contributed by atoms with Crippen LogP contribution in [-0.4, -0.2) is 48.2 Å². The predicted octanol–water partition coefficient (Wildman–Crippen LogP) is 1.49. The first-order valence-corrected chi connectivity index (χ1v) is 7.89. The first kappa shape index (κ1) is 18.0. The quantitative estimate of drug-likeness (QED) is 0.730. The first-order chi connectivity index (χ1) is 9.77. The predicted molar refractivity (Wildman–Crippen MR) is 85.6 cm³/mol. The van der Waals surface area contributed by atoms with E-state index in [0.29, 0.717) is 13.1 Å². The monoisotopic (exact) mass is 294 g/mol. The van der Waals surface area contributed by atoms with Crippen molar-refractivity contribution in [3.63, 3.8) is 0 Å². The van der Waals surface area contributed by atoms with E-state index in [1.807, 2.05) is 27.7 Å². The van der Waals surface area contributed by atoms with E-state index < -0.39 is 6.10 Å². The summed E-state index contributed by atoms with van der Waals surface area (Å²) in [5, 5.41) is 13.2. The Balaban J connectivity index is 2.40. The summed E-state index contributed by atoms with van der Waals surface area (Å²) in [4.78, 5) is 14.5. The molecule has 1 unspecified atom stereocenters. The number of amides is 1. The summed E-state index contributed by atoms with van der Waals surface area (Å²) in [6.45, 7) is 10.9. The van der Waals surface area contributed by atoms with Gasteiger partial charge in [-0.2, -0.15) is 0 Å². The van der Waals surface area contributed by atoms with E-state index in [9.17, 15) is 9.90 Å². The van der Waals surface area contributed by atoms with Crippen molar-refractivity contribution < 1.29 is 9.90 Å². The second kappa shape index (κ2) is 7.82. The zero-order valence-corrected chi connectivity index (χ0v) is 13.9. The molecule has 0 bridgehead atoms. The van der Waals surface area contributed by atoms with Crippen LogP contribution >= 0.6 is 0 Å². The number of carbonyl (C=O) groups excluding carboxylic acids is 1. The van der Waals surface area contributed by atoms with Crippen LogP contribution in [0.25, 0.3) is 0 Å². The molecule has 0 aliphatic carbocycles. The van der Waals surface area contributed by atoms with Gasteiger partial charge in [-0.25, -0.2) is 0 Å². The highest BCUT2D eigenvalue weighted by atomic mass is 16.3. The van der Waals surface area contributed by atoms with Crippen LogP contribution in [0, 0.1) is 29.6 Å². The SMILES string of the molecule is C#CCN1CCC(C(=O)NCC(C)(C)C(O)C(C)C)CC1. The van der Waals surface area contributed by atoms with Crippen LogP contribution in [0.15, 0.2) is 0 Å². The maximum Gasteiger partial charge on any atom is 0.223 e. The summed E-state index contributed by atoms with van der Waals surface area (Å²) in [7, 11) is 0. The largest absolute Gasteiger partial charge is 0.392 e. The standard InChI is InChI=1S/C17H30N2O2/c1-6-9-19-10-7-14(8-11-19)16(21)18-12-17(4,5)15(20)13(2)3/h1,13-15,20H,7-12H2,2-5H3,(H,18,21). The molecular weight excluding hydrogens is 264 g/mol. The molecule has 1 atom stereocenters. The molecule has 1 amide bonds. The number of carbonyl (C=O) groups is 1. The van der Waals surface area contributed by atoms with E-state index in [1.165, 1.54) is 0 Å². The number of piperidine rings is 1. The highest BCUT2D eigenvalue weighted by molar-refractivity contribution is 5.78. The summed E-state index contributed by atoms with van der Waals surface area (Å²) >= 11 is 0. The molecule has 4 nitrogen and oxygen atoms in total. The molecule has 0 spiro atoms. The number of nitrogens with one attached hydrogen (secondary N) is 1. The van der Waals surface area contributed by atoms with Crippen molar-refractivity contribution in [1.82, 2.24) is 10.2 Å². The second-order valence-corrected chi connectivity index (χ2v) is 7.15. The van der Waals surface area contributed by atoms with Gasteiger partial charge in [0.25, 0.3) is 0 Å². The summed E-state index contributed by atoms with van der Waals surface area (Å²) in [5.41, 5.74) is -0.312. The molecule has 1 aliphatic rings. The minimum atomic E-state index is -0.421. The number of rotatable bonds is 6. The lowest BCUT2D eigenvalue weighted by atomic mass is 9.80. The average Bonchev–Trinajstić information content (AvgIpc) is 2.45. The lowest BCUT2D eigenvalue weighted by molar-refractivity contribution is -0.127. The van der Waals surface area contributed by atoms with Gasteiger partial charge in [-0.15, -0.1) is 6.42 Å². The molecular formula is C17H30N2O2. The minimum absolute atomic E-state index is 0.0750. The zero-order valence-electron chi connectivity index (χ0n) is 13.9. The van der Waals surface area contributed by atoms with E-state index in [-0.39, 0.29) is 23.2 Å². The Hall–Kier alpha value is -1.05. The third-order valence-electron chi connectivity index (χ3n) is 4.42. The van der Waals surface area contributed by atoms with Crippen LogP contribution in [0.3, 0.4) is 0 Å². The Morgan fingerprint density at radius 2 is 2.00 bits per heavy atom. The third-order valence-corrected chi connectivity index (χ3v) is 4.42. The van der Waals surface area contributed by atoms with E-state index in [1.54, 1.807) is 0 Å². The Kier molecular flexibility index (Phi) is 6.70. The third kappa shape index (κ3) is 5.33. The highest BCUT2D eigenvalue weighted by Crippen LogP contribution is 2.25. The number of aliphatic hydroxyl groups excluding tert-OH is 1. The van der Waals surface area contributed by atoms with Gasteiger partial charge in [0.15, 0.2) is 0 Å². The summed E-state index contributed by atoms with van der Waals surface area (Å²) in [6, 6.07) is 0. The Morgan fingerprint density at radius 3 is 2.48 bits per heavy atom. The number of nitrogens with zero attached hydrogens (tertiary/aromatic N) is 1. The Bertz CT molecular complexity index is 377. The van der Waals surface area contributed by atoms with Crippen LogP contribution in [0.1, 0.15) is 40.5 Å². The molecule has 4 heteroatoms. The van der Waals surface area contributed by atoms with E-state index in [4.69, 9.17) is 6.42 Å². The molecule has 120 valence electrons. The highest BCUT2D eigenvalue weighted by Gasteiger charge is 2.32. The molecule has 0 aromatic rings. The maximum absolute atomic E-state index is 12.3. The van der Waals surface area contributed by atoms with Crippen molar-refractivity contribution in [1.29, 1.82) is 0 Å². The fourth-order valence-corrected chi connectivity index (χ4v) is 2.95. The smallest absolute Gasteiger partial charge is 0.223 e. The topological polar surface area (TPSA) is 52.6 Å². The van der Waals surface area contributed by atoms with Crippen molar-refractivity contribution >= 4 is 5.91 Å². The van der Waals surface area contributed by atoms with Crippen LogP contribution in [0.4, 0.5) is 0 Å². The van der Waals surface area contributed by atoms with Gasteiger partial charge in [-0.3, -0.25) is 9.69 Å². The molecule has 1 fully saturated rings. The van der Waals surface area contributed by atoms with Crippen LogP contribution in [0.2, 0.25) is 0 Å². The van der Waals surface area contributed by atoms with E-state index >= 15 is 0 Å². The van der Waals surface area contributed by atoms with E-state index in [2.05, 4.69) is 16.1 Å². The summed E-state index contributed by atoms with van der Waals surface area (Å²) in [6.07, 6.45) is 6.61. The zero-order chi connectivity index (χ0) is 16.0. The lowest BCUT2D eigenvalue weighted by Gasteiger charge is -2.35. The minimum Gasteiger partial charge on any atom is -0.392 e. The molecule has 0 aromatic carbocycles. The Morgan fingerprint density at radius 1 is 1.43 bits per heavy atom. The molecule has 21 heavy (non-hydrogen) atoms. The number of terminal acetylenes is 1. The van der Waals surface area contributed by atoms with Gasteiger partial charge < -0.3 is 10.4 Å². The van der Waals surface area contributed by atoms with Crippen molar-refractivity contribution in [2.75, 3.05) is 26.2 Å². The van der Waals surface area contributed by atoms with Gasteiger partial charge in [-0.1, -0.05) is 33.6 Å². The van der Waals surface area contributed by atoms with Crippen LogP contribution in [-0.2, 0) is 4.79 Å². The first-order valence-electron chi connectivity index (χ1n) is 7.89. The average molecular weight is 294 g/mol. The molecule has 2 N–H and O–H groups in total. The number of likely N-dealkylation sites (tertiary alicyclic amines) is 1. The van der Waals surface area contributed by atoms with Crippen molar-refractivity contribution in [2.24, 2.45) is 17.3 Å². The van der Waals surface area contributed by atoms with Gasteiger partial charge in [0.2, 0.25) is 5.91 Å². The van der Waals surface area contributed by atoms with Gasteiger partial charge in [-0.05, 0) is 31.8 Å². The fourth-order valence-electron chi connectivity index (χ4n) is 2.95. The molecule has 0 radical (unpaired) electrons. The van der Waals surface area contributed by atoms with Crippen LogP contribution < -0.4 is 5.32 Å². The molecule has 0 saturated carbocycles. The van der Waals surface area contributed by atoms with E-state index in [0.717, 1.165) is 25.9 Å². The van der Waals surface area contributed by atoms with Gasteiger partial charge in [0.1, 0.15) is 0 Å². The van der Waals surface area contributed by atoms with Crippen molar-refractivity contribution in [2.45, 2.75) is 46.6 Å². The molecule has 1 rings (SSSR count). The molecule has 1 aliphatic heterocycles. The number of hydrogen-bond donors (Lipinski definition) is 2. The fraction of sp³-hybridized carbons (Fsp3) is 0.824. The van der Waals surface area contributed by atoms with Gasteiger partial charge in [0, 0.05) is 17.9 Å². The molecule has 0 aromatic heterocycles. The second-order valence-electron chi connectivity index (χ2n) is 7.15. The Labute approximate surface area is 129 Å². The molecule has 1 heterocycles. The van der Waals surface area contributed by atoms with Crippen molar-refractivity contribution in [3.05, 3.63) is 0 Å². The normalized spacial score (nSPS) is 19.3. The van der Waals surface area contributed by atoms with Gasteiger partial charge >= 0.3 is 0 Å². The van der Waals surface area contributed by atoms with Crippen molar-refractivity contribution in [3.8, 4) is 12.3 Å². The maximum atomic E-state index is 12.3. The molecule has 1 saturated heterocycles. The van der Waals surface area contributed by atoms with Crippen LogP contribution in [0.5, 0.6) is 0 Å².